The number of thiazole rings is 1. The minimum Gasteiger partial charge on any atom is -0.392 e. The van der Waals surface area contributed by atoms with Gasteiger partial charge in [-0.15, -0.1) is 11.3 Å². The Hall–Kier alpha value is -0.990. The van der Waals surface area contributed by atoms with E-state index >= 15 is 0 Å². The van der Waals surface area contributed by atoms with E-state index in [9.17, 15) is 8.42 Å². The first-order valence-corrected chi connectivity index (χ1v) is 8.49. The molecule has 1 atom stereocenters. The summed E-state index contributed by atoms with van der Waals surface area (Å²) in [5.74, 6) is 0. The number of hydrogen-bond acceptors (Lipinski definition) is 5. The molecule has 0 amide bonds. The summed E-state index contributed by atoms with van der Waals surface area (Å²) in [4.78, 5) is 4.13. The van der Waals surface area contributed by atoms with Gasteiger partial charge in [0.2, 0.25) is 10.0 Å². The van der Waals surface area contributed by atoms with Crippen LogP contribution in [0.25, 0.3) is 0 Å². The second-order valence-corrected chi connectivity index (χ2v) is 7.17. The molecule has 0 spiro atoms. The van der Waals surface area contributed by atoms with Gasteiger partial charge in [0.05, 0.1) is 17.5 Å². The Morgan fingerprint density at radius 3 is 2.80 bits per heavy atom. The third-order valence-corrected chi connectivity index (χ3v) is 5.51. The lowest BCUT2D eigenvalue weighted by atomic mass is 10.2. The summed E-state index contributed by atoms with van der Waals surface area (Å²) in [6.45, 7) is 1.49. The summed E-state index contributed by atoms with van der Waals surface area (Å²) in [5, 5.41) is 11.7. The third-order valence-electron chi connectivity index (χ3n) is 2.66. The van der Waals surface area contributed by atoms with Crippen LogP contribution in [0.5, 0.6) is 0 Å². The molecule has 0 saturated heterocycles. The van der Waals surface area contributed by atoms with Crippen molar-refractivity contribution >= 4 is 33.0 Å². The molecular weight excluding hydrogens is 320 g/mol. The molecule has 108 valence electrons. The number of sulfonamides is 1. The van der Waals surface area contributed by atoms with Crippen molar-refractivity contribution < 1.29 is 13.5 Å². The highest BCUT2D eigenvalue weighted by Crippen LogP contribution is 2.23. The highest BCUT2D eigenvalue weighted by atomic mass is 35.5. The quantitative estimate of drug-likeness (QED) is 0.880. The zero-order valence-electron chi connectivity index (χ0n) is 10.6. The fraction of sp³-hybridized carbons (Fsp3) is 0.250. The number of nitrogens with zero attached hydrogens (tertiary/aromatic N) is 1. The van der Waals surface area contributed by atoms with Crippen molar-refractivity contribution in [2.45, 2.75) is 24.5 Å². The first-order valence-electron chi connectivity index (χ1n) is 5.75. The first-order chi connectivity index (χ1) is 9.44. The van der Waals surface area contributed by atoms with Crippen molar-refractivity contribution in [2.75, 3.05) is 0 Å². The standard InChI is InChI=1S/C12H13ClN2O3S2/c1-8(12-14-4-5-19-12)15-20(17,18)10-3-2-9(7-16)11(13)6-10/h2-6,8,15-16H,7H2,1H3. The first kappa shape index (κ1) is 15.4. The summed E-state index contributed by atoms with van der Waals surface area (Å²) in [6.07, 6.45) is 1.62. The van der Waals surface area contributed by atoms with Crippen molar-refractivity contribution in [1.82, 2.24) is 9.71 Å². The minimum absolute atomic E-state index is 0.0584. The molecule has 0 aliphatic rings. The molecule has 1 aromatic carbocycles. The van der Waals surface area contributed by atoms with E-state index in [-0.39, 0.29) is 16.5 Å². The second kappa shape index (κ2) is 6.19. The maximum absolute atomic E-state index is 12.2. The lowest BCUT2D eigenvalue weighted by Gasteiger charge is -2.12. The SMILES string of the molecule is CC(NS(=O)(=O)c1ccc(CO)c(Cl)c1)c1nccs1. The van der Waals surface area contributed by atoms with Crippen molar-refractivity contribution in [3.63, 3.8) is 0 Å². The monoisotopic (exact) mass is 332 g/mol. The summed E-state index contributed by atoms with van der Waals surface area (Å²) in [7, 11) is -3.68. The number of aliphatic hydroxyl groups excluding tert-OH is 1. The summed E-state index contributed by atoms with van der Waals surface area (Å²) < 4.78 is 27.0. The molecule has 0 fully saturated rings. The van der Waals surface area contributed by atoms with Crippen LogP contribution in [-0.4, -0.2) is 18.5 Å². The van der Waals surface area contributed by atoms with E-state index in [2.05, 4.69) is 9.71 Å². The molecule has 1 heterocycles. The Morgan fingerprint density at radius 2 is 2.25 bits per heavy atom. The van der Waals surface area contributed by atoms with Crippen LogP contribution in [-0.2, 0) is 16.6 Å². The molecule has 0 radical (unpaired) electrons. The van der Waals surface area contributed by atoms with Crippen LogP contribution in [0.3, 0.4) is 0 Å². The van der Waals surface area contributed by atoms with Gasteiger partial charge >= 0.3 is 0 Å². The highest BCUT2D eigenvalue weighted by molar-refractivity contribution is 7.89. The van der Waals surface area contributed by atoms with Gasteiger partial charge < -0.3 is 5.11 Å². The summed E-state index contributed by atoms with van der Waals surface area (Å²) >= 11 is 7.29. The van der Waals surface area contributed by atoms with Gasteiger partial charge in [-0.2, -0.15) is 0 Å². The molecule has 1 unspecified atom stereocenters. The summed E-state index contributed by atoms with van der Waals surface area (Å²) in [5.41, 5.74) is 0.485. The third kappa shape index (κ3) is 3.36. The number of halogens is 1. The van der Waals surface area contributed by atoms with E-state index in [1.54, 1.807) is 18.5 Å². The van der Waals surface area contributed by atoms with Crippen molar-refractivity contribution in [3.05, 3.63) is 45.4 Å². The zero-order valence-corrected chi connectivity index (χ0v) is 13.0. The Kier molecular flexibility index (Phi) is 4.77. The molecule has 2 aromatic rings. The maximum Gasteiger partial charge on any atom is 0.241 e. The molecule has 5 nitrogen and oxygen atoms in total. The smallest absolute Gasteiger partial charge is 0.241 e. The predicted octanol–water partition coefficient (Wildman–Crippen LogP) is 2.33. The number of aromatic nitrogens is 1. The molecule has 0 aliphatic heterocycles. The van der Waals surface area contributed by atoms with Crippen LogP contribution in [0.4, 0.5) is 0 Å². The van der Waals surface area contributed by atoms with Crippen LogP contribution >= 0.6 is 22.9 Å². The number of nitrogens with one attached hydrogen (secondary N) is 1. The lowest BCUT2D eigenvalue weighted by Crippen LogP contribution is -2.26. The molecular formula is C12H13ClN2O3S2. The molecule has 0 saturated carbocycles. The Bertz CT molecular complexity index is 687. The van der Waals surface area contributed by atoms with E-state index in [0.29, 0.717) is 10.6 Å². The van der Waals surface area contributed by atoms with Crippen LogP contribution in [0.1, 0.15) is 23.5 Å². The van der Waals surface area contributed by atoms with Crippen LogP contribution in [0.2, 0.25) is 5.02 Å². The Balaban J connectivity index is 2.24. The van der Waals surface area contributed by atoms with Crippen molar-refractivity contribution in [2.24, 2.45) is 0 Å². The largest absolute Gasteiger partial charge is 0.392 e. The topological polar surface area (TPSA) is 79.3 Å². The van der Waals surface area contributed by atoms with Gasteiger partial charge in [0.15, 0.2) is 0 Å². The molecule has 1 aromatic heterocycles. The number of benzene rings is 1. The van der Waals surface area contributed by atoms with E-state index < -0.39 is 16.1 Å². The highest BCUT2D eigenvalue weighted by Gasteiger charge is 2.20. The normalized spacial score (nSPS) is 13.3. The average molecular weight is 333 g/mol. The second-order valence-electron chi connectivity index (χ2n) is 4.12. The van der Waals surface area contributed by atoms with E-state index in [4.69, 9.17) is 16.7 Å². The number of hydrogen-bond donors (Lipinski definition) is 2. The average Bonchev–Trinajstić information content (AvgIpc) is 2.92. The van der Waals surface area contributed by atoms with E-state index in [1.807, 2.05) is 0 Å². The molecule has 20 heavy (non-hydrogen) atoms. The Labute approximate surface area is 126 Å². The van der Waals surface area contributed by atoms with Gasteiger partial charge in [0.1, 0.15) is 5.01 Å². The van der Waals surface area contributed by atoms with Gasteiger partial charge in [-0.25, -0.2) is 18.1 Å². The molecule has 0 bridgehead atoms. The van der Waals surface area contributed by atoms with E-state index in [1.165, 1.54) is 29.5 Å². The fourth-order valence-corrected chi connectivity index (χ4v) is 3.88. The predicted molar refractivity (Wildman–Crippen MR) is 78.2 cm³/mol. The molecule has 0 aliphatic carbocycles. The van der Waals surface area contributed by atoms with Crippen LogP contribution in [0, 0.1) is 0 Å². The Morgan fingerprint density at radius 1 is 1.50 bits per heavy atom. The van der Waals surface area contributed by atoms with Gasteiger partial charge in [-0.05, 0) is 24.6 Å². The van der Waals surface area contributed by atoms with E-state index in [0.717, 1.165) is 0 Å². The fourth-order valence-electron chi connectivity index (χ4n) is 1.62. The molecule has 2 N–H and O–H groups in total. The van der Waals surface area contributed by atoms with Crippen LogP contribution in [0.15, 0.2) is 34.7 Å². The number of aliphatic hydroxyl groups is 1. The van der Waals surface area contributed by atoms with Gasteiger partial charge in [0.25, 0.3) is 0 Å². The maximum atomic E-state index is 12.2. The molecule has 8 heteroatoms. The zero-order chi connectivity index (χ0) is 14.8. The minimum atomic E-state index is -3.68. The van der Waals surface area contributed by atoms with Gasteiger partial charge in [-0.3, -0.25) is 0 Å². The van der Waals surface area contributed by atoms with Gasteiger partial charge in [0, 0.05) is 16.6 Å². The van der Waals surface area contributed by atoms with Crippen molar-refractivity contribution in [3.8, 4) is 0 Å². The lowest BCUT2D eigenvalue weighted by molar-refractivity contribution is 0.282. The van der Waals surface area contributed by atoms with Gasteiger partial charge in [-0.1, -0.05) is 17.7 Å². The van der Waals surface area contributed by atoms with Crippen molar-refractivity contribution in [1.29, 1.82) is 0 Å². The number of rotatable bonds is 5. The summed E-state index contributed by atoms with van der Waals surface area (Å²) in [6, 6.07) is 3.81. The van der Waals surface area contributed by atoms with Crippen LogP contribution < -0.4 is 4.72 Å². The molecule has 2 rings (SSSR count).